The van der Waals surface area contributed by atoms with Gasteiger partial charge in [-0.05, 0) is 11.6 Å². The van der Waals surface area contributed by atoms with Crippen molar-refractivity contribution in [2.45, 2.75) is 19.4 Å². The minimum Gasteiger partial charge on any atom is -0.377 e. The summed E-state index contributed by atoms with van der Waals surface area (Å²) in [6, 6.07) is -0.647. The summed E-state index contributed by atoms with van der Waals surface area (Å²) < 4.78 is 5.26. The van der Waals surface area contributed by atoms with Crippen LogP contribution < -0.4 is 5.32 Å². The van der Waals surface area contributed by atoms with Crippen molar-refractivity contribution in [2.75, 3.05) is 26.3 Å². The maximum absolute atomic E-state index is 12.2. The van der Waals surface area contributed by atoms with Gasteiger partial charge in [0.2, 0.25) is 5.91 Å². The number of rotatable bonds is 4. The second kappa shape index (κ2) is 6.23. The third kappa shape index (κ3) is 3.05. The maximum atomic E-state index is 12.2. The van der Waals surface area contributed by atoms with Crippen LogP contribution in [0.4, 0.5) is 0 Å². The summed E-state index contributed by atoms with van der Waals surface area (Å²) in [6.07, 6.45) is 0.831. The molecule has 1 aliphatic rings. The second-order valence-corrected chi connectivity index (χ2v) is 4.12. The molecule has 0 spiro atoms. The maximum Gasteiger partial charge on any atom is 0.296 e. The summed E-state index contributed by atoms with van der Waals surface area (Å²) in [6.45, 7) is 3.43. The summed E-state index contributed by atoms with van der Waals surface area (Å²) in [7, 11) is 0. The average molecular weight is 268 g/mol. The first kappa shape index (κ1) is 13.4. The van der Waals surface area contributed by atoms with Gasteiger partial charge in [0.25, 0.3) is 11.7 Å². The summed E-state index contributed by atoms with van der Waals surface area (Å²) in [5, 5.41) is 15.6. The number of aromatic nitrogens is 4. The molecule has 1 fully saturated rings. The van der Waals surface area contributed by atoms with Crippen molar-refractivity contribution in [3.63, 3.8) is 0 Å². The van der Waals surface area contributed by atoms with E-state index in [1.807, 2.05) is 6.92 Å². The van der Waals surface area contributed by atoms with Gasteiger partial charge < -0.3 is 15.0 Å². The number of H-pyrrole nitrogens is 1. The SMILES string of the molecule is CCCNC(=O)C1COCCN1C(=O)c1nn[nH]n1. The number of hydrogen-bond acceptors (Lipinski definition) is 6. The standard InChI is InChI=1S/C10H16N6O3/c1-2-3-11-9(17)7-6-19-5-4-16(7)10(18)8-12-14-15-13-8/h7H,2-6H2,1H3,(H,11,17)(H,12,13,14,15). The van der Waals surface area contributed by atoms with Gasteiger partial charge in [-0.15, -0.1) is 10.2 Å². The molecule has 0 aromatic carbocycles. The Bertz CT molecular complexity index is 434. The Hall–Kier alpha value is -2.03. The van der Waals surface area contributed by atoms with Gasteiger partial charge in [-0.3, -0.25) is 9.59 Å². The second-order valence-electron chi connectivity index (χ2n) is 4.12. The van der Waals surface area contributed by atoms with Crippen molar-refractivity contribution in [1.29, 1.82) is 0 Å². The Morgan fingerprint density at radius 2 is 2.42 bits per heavy atom. The molecule has 0 aliphatic carbocycles. The summed E-state index contributed by atoms with van der Waals surface area (Å²) >= 11 is 0. The molecule has 0 radical (unpaired) electrons. The lowest BCUT2D eigenvalue weighted by Crippen LogP contribution is -2.56. The summed E-state index contributed by atoms with van der Waals surface area (Å²) in [5.41, 5.74) is 0. The van der Waals surface area contributed by atoms with Crippen molar-refractivity contribution in [2.24, 2.45) is 0 Å². The predicted octanol–water partition coefficient (Wildman–Crippen LogP) is -1.43. The number of carbonyl (C=O) groups excluding carboxylic acids is 2. The normalized spacial score (nSPS) is 19.2. The molecule has 19 heavy (non-hydrogen) atoms. The average Bonchev–Trinajstić information content (AvgIpc) is 2.98. The van der Waals surface area contributed by atoms with Crippen molar-refractivity contribution < 1.29 is 14.3 Å². The lowest BCUT2D eigenvalue weighted by atomic mass is 10.2. The molecular weight excluding hydrogens is 252 g/mol. The third-order valence-corrected chi connectivity index (χ3v) is 2.78. The number of aromatic amines is 1. The molecule has 1 unspecified atom stereocenters. The molecule has 1 atom stereocenters. The highest BCUT2D eigenvalue weighted by molar-refractivity contribution is 5.94. The summed E-state index contributed by atoms with van der Waals surface area (Å²) in [5.74, 6) is -0.692. The fraction of sp³-hybridized carbons (Fsp3) is 0.700. The largest absolute Gasteiger partial charge is 0.377 e. The van der Waals surface area contributed by atoms with Crippen molar-refractivity contribution in [1.82, 2.24) is 30.8 Å². The number of tetrazole rings is 1. The minimum atomic E-state index is -0.647. The molecule has 1 aromatic rings. The van der Waals surface area contributed by atoms with Crippen LogP contribution in [0.15, 0.2) is 0 Å². The number of amides is 2. The number of morpholine rings is 1. The van der Waals surface area contributed by atoms with E-state index in [0.717, 1.165) is 6.42 Å². The lowest BCUT2D eigenvalue weighted by molar-refractivity contribution is -0.130. The Morgan fingerprint density at radius 1 is 1.58 bits per heavy atom. The Labute approximate surface area is 109 Å². The molecule has 0 saturated carbocycles. The molecule has 0 bridgehead atoms. The molecule has 2 rings (SSSR count). The molecule has 1 aliphatic heterocycles. The zero-order valence-electron chi connectivity index (χ0n) is 10.6. The highest BCUT2D eigenvalue weighted by Gasteiger charge is 2.34. The topological polar surface area (TPSA) is 113 Å². The third-order valence-electron chi connectivity index (χ3n) is 2.78. The van der Waals surface area contributed by atoms with Gasteiger partial charge in [0, 0.05) is 13.1 Å². The molecule has 2 amide bonds. The van der Waals surface area contributed by atoms with E-state index in [0.29, 0.717) is 19.7 Å². The quantitative estimate of drug-likeness (QED) is 0.692. The smallest absolute Gasteiger partial charge is 0.296 e. The minimum absolute atomic E-state index is 0.0461. The van der Waals surface area contributed by atoms with Crippen LogP contribution in [0.3, 0.4) is 0 Å². The Morgan fingerprint density at radius 3 is 3.11 bits per heavy atom. The van der Waals surface area contributed by atoms with Gasteiger partial charge in [-0.1, -0.05) is 6.92 Å². The van der Waals surface area contributed by atoms with Crippen LogP contribution in [-0.4, -0.2) is 69.7 Å². The van der Waals surface area contributed by atoms with Crippen molar-refractivity contribution in [3.05, 3.63) is 5.82 Å². The molecular formula is C10H16N6O3. The zero-order chi connectivity index (χ0) is 13.7. The van der Waals surface area contributed by atoms with E-state index >= 15 is 0 Å². The van der Waals surface area contributed by atoms with Gasteiger partial charge in [0.1, 0.15) is 6.04 Å². The molecule has 2 N–H and O–H groups in total. The first-order valence-corrected chi connectivity index (χ1v) is 6.14. The number of nitrogens with one attached hydrogen (secondary N) is 2. The number of hydrogen-bond donors (Lipinski definition) is 2. The fourth-order valence-electron chi connectivity index (χ4n) is 1.81. The molecule has 2 heterocycles. The van der Waals surface area contributed by atoms with E-state index in [1.54, 1.807) is 0 Å². The number of nitrogens with zero attached hydrogens (tertiary/aromatic N) is 4. The number of carbonyl (C=O) groups is 2. The van der Waals surface area contributed by atoms with E-state index in [4.69, 9.17) is 4.74 Å². The molecule has 9 heteroatoms. The van der Waals surface area contributed by atoms with Crippen LogP contribution in [0.1, 0.15) is 24.0 Å². The monoisotopic (exact) mass is 268 g/mol. The van der Waals surface area contributed by atoms with Crippen LogP contribution in [0.2, 0.25) is 0 Å². The van der Waals surface area contributed by atoms with E-state index in [-0.39, 0.29) is 18.3 Å². The van der Waals surface area contributed by atoms with Gasteiger partial charge in [0.15, 0.2) is 0 Å². The molecule has 1 saturated heterocycles. The van der Waals surface area contributed by atoms with Crippen molar-refractivity contribution >= 4 is 11.8 Å². The highest BCUT2D eigenvalue weighted by Crippen LogP contribution is 2.10. The Kier molecular flexibility index (Phi) is 4.39. The van der Waals surface area contributed by atoms with Crippen LogP contribution in [-0.2, 0) is 9.53 Å². The molecule has 9 nitrogen and oxygen atoms in total. The molecule has 1 aromatic heterocycles. The van der Waals surface area contributed by atoms with Crippen molar-refractivity contribution in [3.8, 4) is 0 Å². The fourth-order valence-corrected chi connectivity index (χ4v) is 1.81. The highest BCUT2D eigenvalue weighted by atomic mass is 16.5. The van der Waals surface area contributed by atoms with Crippen LogP contribution in [0, 0.1) is 0 Å². The Balaban J connectivity index is 2.07. The zero-order valence-corrected chi connectivity index (χ0v) is 10.6. The van der Waals surface area contributed by atoms with Crippen LogP contribution >= 0.6 is 0 Å². The van der Waals surface area contributed by atoms with Gasteiger partial charge in [0.05, 0.1) is 13.2 Å². The lowest BCUT2D eigenvalue weighted by Gasteiger charge is -2.33. The predicted molar refractivity (Wildman–Crippen MR) is 63.1 cm³/mol. The van der Waals surface area contributed by atoms with E-state index in [2.05, 4.69) is 25.9 Å². The van der Waals surface area contributed by atoms with Crippen LogP contribution in [0.25, 0.3) is 0 Å². The van der Waals surface area contributed by atoms with Gasteiger partial charge >= 0.3 is 0 Å². The first-order chi connectivity index (χ1) is 9.24. The van der Waals surface area contributed by atoms with Gasteiger partial charge in [-0.25, -0.2) is 0 Å². The van der Waals surface area contributed by atoms with E-state index < -0.39 is 11.9 Å². The van der Waals surface area contributed by atoms with Crippen LogP contribution in [0.5, 0.6) is 0 Å². The first-order valence-electron chi connectivity index (χ1n) is 6.14. The number of ether oxygens (including phenoxy) is 1. The van der Waals surface area contributed by atoms with Gasteiger partial charge in [-0.2, -0.15) is 5.21 Å². The molecule has 104 valence electrons. The summed E-state index contributed by atoms with van der Waals surface area (Å²) in [4.78, 5) is 25.6. The van der Waals surface area contributed by atoms with E-state index in [9.17, 15) is 9.59 Å². The van der Waals surface area contributed by atoms with E-state index in [1.165, 1.54) is 4.90 Å².